The quantitative estimate of drug-likeness (QED) is 0.458. The van der Waals surface area contributed by atoms with Gasteiger partial charge in [-0.3, -0.25) is 10.1 Å². The Balaban J connectivity index is 1.71. The molecule has 10 heteroatoms. The molecule has 2 aromatic rings. The van der Waals surface area contributed by atoms with E-state index >= 15 is 0 Å². The molecule has 130 valence electrons. The van der Waals surface area contributed by atoms with Crippen LogP contribution in [0.1, 0.15) is 32.1 Å². The van der Waals surface area contributed by atoms with Gasteiger partial charge in [-0.1, -0.05) is 28.1 Å². The van der Waals surface area contributed by atoms with Gasteiger partial charge in [-0.25, -0.2) is 5.10 Å². The van der Waals surface area contributed by atoms with E-state index in [1.165, 1.54) is 43.5 Å². The summed E-state index contributed by atoms with van der Waals surface area (Å²) in [6.45, 7) is 0. The van der Waals surface area contributed by atoms with E-state index in [2.05, 4.69) is 9.59 Å². The van der Waals surface area contributed by atoms with Gasteiger partial charge in [-0.15, -0.1) is 4.18 Å². The minimum absolute atomic E-state index is 0.00829. The number of nitro benzene ring substituents is 1. The zero-order valence-corrected chi connectivity index (χ0v) is 14.4. The molecule has 1 heterocycles. The first-order valence-corrected chi connectivity index (χ1v) is 9.18. The number of nitrogens with one attached hydrogen (secondary N) is 2. The number of hydrogen-bond donors (Lipinski definition) is 2. The third-order valence-corrected chi connectivity index (χ3v) is 5.20. The first-order valence-electron chi connectivity index (χ1n) is 7.63. The minimum atomic E-state index is -0.702. The van der Waals surface area contributed by atoms with Crippen LogP contribution >= 0.6 is 22.7 Å². The van der Waals surface area contributed by atoms with Crippen LogP contribution in [0.25, 0.3) is 0 Å². The average molecular weight is 374 g/mol. The number of nitrogens with zero attached hydrogens (tertiary/aromatic N) is 2. The van der Waals surface area contributed by atoms with E-state index < -0.39 is 15.9 Å². The number of halogens is 1. The topological polar surface area (TPSA) is 98.1 Å². The van der Waals surface area contributed by atoms with E-state index in [0.717, 1.165) is 17.2 Å². The molecule has 1 aliphatic carbocycles. The highest BCUT2D eigenvalue weighted by atomic mass is 35.5. The summed E-state index contributed by atoms with van der Waals surface area (Å²) in [5.74, 6) is 0.865. The Kier molecular flexibility index (Phi) is 5.44. The number of H-pyrrole nitrogens is 2. The molecule has 1 aromatic heterocycles. The summed E-state index contributed by atoms with van der Waals surface area (Å²) >= 11 is 5.98. The lowest BCUT2D eigenvalue weighted by atomic mass is 9.98. The highest BCUT2D eigenvalue weighted by Crippen LogP contribution is 2.27. The molecule has 0 aliphatic heterocycles. The molecule has 1 unspecified atom stereocenters. The summed E-state index contributed by atoms with van der Waals surface area (Å²) in [5, 5.41) is 15.2. The second-order valence-electron chi connectivity index (χ2n) is 5.47. The van der Waals surface area contributed by atoms with Crippen molar-refractivity contribution in [3.8, 4) is 11.6 Å². The van der Waals surface area contributed by atoms with E-state index in [4.69, 9.17) is 20.7 Å². The van der Waals surface area contributed by atoms with Crippen molar-refractivity contribution in [3.63, 3.8) is 0 Å². The summed E-state index contributed by atoms with van der Waals surface area (Å²) in [4.78, 5) is 10.2. The Morgan fingerprint density at radius 3 is 2.62 bits per heavy atom. The molecule has 2 N–H and O–H groups in total. The molecule has 1 aliphatic rings. The first-order chi connectivity index (χ1) is 11.6. The van der Waals surface area contributed by atoms with E-state index in [9.17, 15) is 10.1 Å². The summed E-state index contributed by atoms with van der Waals surface area (Å²) in [7, 11) is -0.702. The van der Waals surface area contributed by atoms with Gasteiger partial charge in [-0.2, -0.15) is 0 Å². The summed E-state index contributed by atoms with van der Waals surface area (Å²) < 4.78 is 15.8. The third-order valence-electron chi connectivity index (χ3n) is 3.66. The molecular formula is C14H18ClN4O4S+. The summed E-state index contributed by atoms with van der Waals surface area (Å²) in [6.07, 6.45) is 5.94. The van der Waals surface area contributed by atoms with Gasteiger partial charge < -0.3 is 4.74 Å². The molecule has 0 spiro atoms. The van der Waals surface area contributed by atoms with Crippen LogP contribution in [0.3, 0.4) is 0 Å². The Bertz CT molecular complexity index is 725. The molecule has 0 saturated heterocycles. The Hall–Kier alpha value is -1.97. The van der Waals surface area contributed by atoms with Crippen molar-refractivity contribution in [1.29, 1.82) is 0 Å². The lowest BCUT2D eigenvalue weighted by molar-refractivity contribution is -0.384. The van der Waals surface area contributed by atoms with Crippen molar-refractivity contribution in [3.05, 3.63) is 39.8 Å². The zero-order chi connectivity index (χ0) is 16.9. The number of hydrogen-bond acceptors (Lipinski definition) is 4. The highest BCUT2D eigenvalue weighted by molar-refractivity contribution is 7.19. The molecule has 1 fully saturated rings. The maximum atomic E-state index is 10.7. The van der Waals surface area contributed by atoms with Crippen LogP contribution in [0.2, 0.25) is 0 Å². The molecule has 24 heavy (non-hydrogen) atoms. The predicted octanol–water partition coefficient (Wildman–Crippen LogP) is 4.48. The van der Waals surface area contributed by atoms with Gasteiger partial charge in [0.15, 0.2) is 0 Å². The standard InChI is InChI=1S/C14H18ClN4O4S/c15-19-16-14(22-12-8-6-11(7-9-12)18(20)21)10-24(17-19)23-13-4-2-1-3-5-13/h6-10,13,16-17H,1-5H2/q+1. The fraction of sp³-hybridized carbons (Fsp3) is 0.429. The van der Waals surface area contributed by atoms with Crippen LogP contribution in [0.4, 0.5) is 5.69 Å². The lowest BCUT2D eigenvalue weighted by Crippen LogP contribution is -2.20. The minimum Gasteiger partial charge on any atom is -0.435 e. The van der Waals surface area contributed by atoms with Gasteiger partial charge in [0.2, 0.25) is 0 Å². The zero-order valence-electron chi connectivity index (χ0n) is 12.8. The molecule has 8 nitrogen and oxygen atoms in total. The molecule has 1 saturated carbocycles. The van der Waals surface area contributed by atoms with E-state index in [1.54, 1.807) is 5.38 Å². The molecule has 0 amide bonds. The van der Waals surface area contributed by atoms with E-state index in [1.807, 2.05) is 0 Å². The predicted molar refractivity (Wildman–Crippen MR) is 91.1 cm³/mol. The Morgan fingerprint density at radius 2 is 1.96 bits per heavy atom. The average Bonchev–Trinajstić information content (AvgIpc) is 2.55. The van der Waals surface area contributed by atoms with Gasteiger partial charge in [0.1, 0.15) is 11.9 Å². The normalized spacial score (nSPS) is 16.0. The number of non-ortho nitro benzene ring substituents is 1. The second-order valence-corrected chi connectivity index (χ2v) is 7.02. The number of rotatable bonds is 5. The molecule has 1 aromatic carbocycles. The molecule has 0 bridgehead atoms. The number of benzene rings is 1. The molecule has 3 rings (SSSR count). The fourth-order valence-electron chi connectivity index (χ4n) is 2.52. The number of aromatic amines is 2. The van der Waals surface area contributed by atoms with Crippen molar-refractivity contribution < 1.29 is 13.8 Å². The molecule has 1 atom stereocenters. The van der Waals surface area contributed by atoms with Crippen LogP contribution in [0.15, 0.2) is 29.6 Å². The van der Waals surface area contributed by atoms with Crippen molar-refractivity contribution in [2.75, 3.05) is 0 Å². The number of aromatic nitrogens is 3. The van der Waals surface area contributed by atoms with Crippen LogP contribution in [-0.2, 0) is 0 Å². The van der Waals surface area contributed by atoms with Gasteiger partial charge in [0.05, 0.1) is 16.7 Å². The van der Waals surface area contributed by atoms with Crippen LogP contribution in [0, 0.1) is 10.1 Å². The van der Waals surface area contributed by atoms with Crippen LogP contribution in [-0.4, -0.2) is 24.9 Å². The summed E-state index contributed by atoms with van der Waals surface area (Å²) in [5.41, 5.74) is 0.00829. The lowest BCUT2D eigenvalue weighted by Gasteiger charge is -2.16. The largest absolute Gasteiger partial charge is 0.435 e. The number of ether oxygens (including phenoxy) is 1. The summed E-state index contributed by atoms with van der Waals surface area (Å²) in [6, 6.07) is 5.82. The monoisotopic (exact) mass is 373 g/mol. The van der Waals surface area contributed by atoms with Crippen LogP contribution < -0.4 is 8.92 Å². The van der Waals surface area contributed by atoms with E-state index in [-0.39, 0.29) is 11.8 Å². The SMILES string of the molecule is O=[N+]([O-])c1ccc(Oc2c[s+](OC3CCCCC3)[nH]n(Cl)[nH]2)cc1. The van der Waals surface area contributed by atoms with Crippen LogP contribution in [0.5, 0.6) is 11.6 Å². The Labute approximate surface area is 146 Å². The first kappa shape index (κ1) is 16.9. The highest BCUT2D eigenvalue weighted by Gasteiger charge is 2.22. The molecular weight excluding hydrogens is 356 g/mol. The van der Waals surface area contributed by atoms with Crippen molar-refractivity contribution in [2.24, 2.45) is 0 Å². The maximum Gasteiger partial charge on any atom is 0.274 e. The van der Waals surface area contributed by atoms with Gasteiger partial charge >= 0.3 is 0 Å². The fourth-order valence-corrected chi connectivity index (χ4v) is 3.94. The third kappa shape index (κ3) is 4.53. The van der Waals surface area contributed by atoms with Gasteiger partial charge in [-0.05, 0) is 25.0 Å². The van der Waals surface area contributed by atoms with Gasteiger partial charge in [0, 0.05) is 12.1 Å². The number of nitro groups is 1. The maximum absolute atomic E-state index is 10.7. The van der Waals surface area contributed by atoms with Crippen molar-refractivity contribution >= 4 is 28.4 Å². The smallest absolute Gasteiger partial charge is 0.274 e. The van der Waals surface area contributed by atoms with E-state index in [0.29, 0.717) is 11.6 Å². The molecule has 0 radical (unpaired) electrons. The van der Waals surface area contributed by atoms with Gasteiger partial charge in [0.25, 0.3) is 27.9 Å². The Morgan fingerprint density at radius 1 is 1.25 bits per heavy atom. The van der Waals surface area contributed by atoms with Crippen molar-refractivity contribution in [1.82, 2.24) is 13.9 Å². The second kappa shape index (κ2) is 7.73. The van der Waals surface area contributed by atoms with Crippen molar-refractivity contribution in [2.45, 2.75) is 38.2 Å².